The number of benzene rings is 2. The van der Waals surface area contributed by atoms with Crippen LogP contribution in [0.15, 0.2) is 54.9 Å². The van der Waals surface area contributed by atoms with Crippen LogP contribution in [0.4, 0.5) is 5.69 Å². The van der Waals surface area contributed by atoms with Crippen LogP contribution < -0.4 is 10.1 Å². The molecule has 1 amide bonds. The SMILES string of the molecule is N#Cc1ccc(CCCC(=O)O)c(NC(=O)[C@@H]2C[C@]23CCOc2ccc(-c4ccnnc4)cc23)c1. The van der Waals surface area contributed by atoms with Crippen molar-refractivity contribution in [3.8, 4) is 22.9 Å². The maximum Gasteiger partial charge on any atom is 0.303 e. The van der Waals surface area contributed by atoms with Gasteiger partial charge in [0.25, 0.3) is 0 Å². The van der Waals surface area contributed by atoms with Gasteiger partial charge in [-0.3, -0.25) is 9.59 Å². The van der Waals surface area contributed by atoms with E-state index in [4.69, 9.17) is 9.84 Å². The molecule has 2 aliphatic rings. The highest BCUT2D eigenvalue weighted by molar-refractivity contribution is 5.97. The third kappa shape index (κ3) is 4.45. The summed E-state index contributed by atoms with van der Waals surface area (Å²) in [4.78, 5) is 24.3. The Morgan fingerprint density at radius 3 is 2.83 bits per heavy atom. The predicted octanol–water partition coefficient (Wildman–Crippen LogP) is 4.10. The average Bonchev–Trinajstić information content (AvgIpc) is 3.60. The number of nitriles is 1. The van der Waals surface area contributed by atoms with Crippen LogP contribution in [0.5, 0.6) is 5.75 Å². The van der Waals surface area contributed by atoms with E-state index in [2.05, 4.69) is 27.6 Å². The molecule has 1 aliphatic carbocycles. The van der Waals surface area contributed by atoms with Crippen molar-refractivity contribution in [2.45, 2.75) is 37.5 Å². The average molecular weight is 469 g/mol. The maximum atomic E-state index is 13.4. The predicted molar refractivity (Wildman–Crippen MR) is 128 cm³/mol. The first-order valence-corrected chi connectivity index (χ1v) is 11.6. The molecule has 35 heavy (non-hydrogen) atoms. The van der Waals surface area contributed by atoms with Gasteiger partial charge in [0.05, 0.1) is 30.6 Å². The molecule has 1 saturated carbocycles. The lowest BCUT2D eigenvalue weighted by atomic mass is 9.85. The largest absolute Gasteiger partial charge is 0.493 e. The third-order valence-corrected chi connectivity index (χ3v) is 6.96. The molecule has 1 fully saturated rings. The zero-order valence-electron chi connectivity index (χ0n) is 19.0. The van der Waals surface area contributed by atoms with Gasteiger partial charge in [-0.05, 0) is 67.1 Å². The molecule has 2 N–H and O–H groups in total. The normalized spacial score (nSPS) is 19.8. The maximum absolute atomic E-state index is 13.4. The molecule has 176 valence electrons. The molecule has 2 atom stereocenters. The number of anilines is 1. The lowest BCUT2D eigenvalue weighted by molar-refractivity contribution is -0.137. The van der Waals surface area contributed by atoms with Crippen LogP contribution in [-0.2, 0) is 21.4 Å². The Bertz CT molecular complexity index is 1330. The lowest BCUT2D eigenvalue weighted by Gasteiger charge is -2.27. The fraction of sp³-hybridized carbons (Fsp3) is 0.296. The van der Waals surface area contributed by atoms with E-state index in [1.54, 1.807) is 30.6 Å². The quantitative estimate of drug-likeness (QED) is 0.535. The fourth-order valence-corrected chi connectivity index (χ4v) is 5.02. The van der Waals surface area contributed by atoms with Crippen molar-refractivity contribution in [3.05, 3.63) is 71.5 Å². The molecule has 8 nitrogen and oxygen atoms in total. The van der Waals surface area contributed by atoms with Crippen molar-refractivity contribution >= 4 is 17.6 Å². The molecule has 2 heterocycles. The van der Waals surface area contributed by atoms with Gasteiger partial charge < -0.3 is 15.2 Å². The smallest absolute Gasteiger partial charge is 0.303 e. The number of carboxylic acid groups (broad SMARTS) is 1. The van der Waals surface area contributed by atoms with Crippen LogP contribution >= 0.6 is 0 Å². The highest BCUT2D eigenvalue weighted by atomic mass is 16.5. The number of nitrogens with one attached hydrogen (secondary N) is 1. The topological polar surface area (TPSA) is 125 Å². The van der Waals surface area contributed by atoms with Gasteiger partial charge >= 0.3 is 5.97 Å². The number of nitrogens with zero attached hydrogens (tertiary/aromatic N) is 3. The highest BCUT2D eigenvalue weighted by Gasteiger charge is 2.61. The van der Waals surface area contributed by atoms with E-state index in [1.807, 2.05) is 18.2 Å². The summed E-state index contributed by atoms with van der Waals surface area (Å²) in [5, 5.41) is 29.1. The standard InChI is InChI=1S/C27H24N4O4/c28-15-17-4-5-18(2-1-3-25(32)33)23(12-17)31-26(34)22-14-27(22)9-11-35-24-7-6-19(13-21(24)27)20-8-10-29-30-16-20/h4-8,10,12-13,16,22H,1-3,9,11,14H2,(H,31,34)(H,32,33)/t22-,27-/m0/s1. The Kier molecular flexibility index (Phi) is 5.91. The monoisotopic (exact) mass is 468 g/mol. The summed E-state index contributed by atoms with van der Waals surface area (Å²) >= 11 is 0. The van der Waals surface area contributed by atoms with Gasteiger partial charge in [0.15, 0.2) is 0 Å². The van der Waals surface area contributed by atoms with Gasteiger partial charge in [-0.2, -0.15) is 15.5 Å². The molecule has 3 aromatic rings. The number of carbonyl (C=O) groups is 2. The number of aryl methyl sites for hydroxylation is 1. The fourth-order valence-electron chi connectivity index (χ4n) is 5.02. The van der Waals surface area contributed by atoms with Crippen LogP contribution in [0, 0.1) is 17.2 Å². The van der Waals surface area contributed by atoms with Crippen molar-refractivity contribution in [3.63, 3.8) is 0 Å². The second-order valence-electron chi connectivity index (χ2n) is 9.07. The van der Waals surface area contributed by atoms with Crippen LogP contribution in [0.2, 0.25) is 0 Å². The van der Waals surface area contributed by atoms with Gasteiger partial charge in [0.2, 0.25) is 5.91 Å². The van der Waals surface area contributed by atoms with E-state index in [9.17, 15) is 14.9 Å². The summed E-state index contributed by atoms with van der Waals surface area (Å²) in [5.74, 6) is -0.362. The number of carbonyl (C=O) groups excluding carboxylic acids is 1. The molecule has 8 heteroatoms. The number of hydrogen-bond acceptors (Lipinski definition) is 6. The summed E-state index contributed by atoms with van der Waals surface area (Å²) < 4.78 is 5.91. The number of hydrogen-bond donors (Lipinski definition) is 2. The summed E-state index contributed by atoms with van der Waals surface area (Å²) in [7, 11) is 0. The molecule has 2 aromatic carbocycles. The van der Waals surface area contributed by atoms with E-state index < -0.39 is 5.97 Å². The second-order valence-corrected chi connectivity index (χ2v) is 9.07. The molecule has 0 bridgehead atoms. The Labute approximate surface area is 202 Å². The van der Waals surface area contributed by atoms with Gasteiger partial charge in [-0.25, -0.2) is 0 Å². The van der Waals surface area contributed by atoms with Gasteiger partial charge in [0.1, 0.15) is 5.75 Å². The number of carboxylic acids is 1. The van der Waals surface area contributed by atoms with E-state index in [0.717, 1.165) is 40.8 Å². The molecule has 0 saturated heterocycles. The number of fused-ring (bicyclic) bond motifs is 2. The van der Waals surface area contributed by atoms with Gasteiger partial charge in [-0.1, -0.05) is 12.1 Å². The van der Waals surface area contributed by atoms with Crippen molar-refractivity contribution in [2.24, 2.45) is 5.92 Å². The van der Waals surface area contributed by atoms with E-state index in [0.29, 0.717) is 30.7 Å². The first-order valence-electron chi connectivity index (χ1n) is 11.6. The number of amides is 1. The second kappa shape index (κ2) is 9.18. The van der Waals surface area contributed by atoms with Crippen molar-refractivity contribution < 1.29 is 19.4 Å². The third-order valence-electron chi connectivity index (χ3n) is 6.96. The van der Waals surface area contributed by atoms with Crippen LogP contribution in [0.25, 0.3) is 11.1 Å². The Morgan fingerprint density at radius 2 is 2.06 bits per heavy atom. The summed E-state index contributed by atoms with van der Waals surface area (Å²) in [6, 6.07) is 15.2. The first-order chi connectivity index (χ1) is 17.0. The molecular weight excluding hydrogens is 444 g/mol. The zero-order valence-corrected chi connectivity index (χ0v) is 19.0. The zero-order chi connectivity index (χ0) is 24.4. The Balaban J connectivity index is 1.38. The molecule has 0 radical (unpaired) electrons. The van der Waals surface area contributed by atoms with Crippen LogP contribution in [0.1, 0.15) is 42.4 Å². The number of aliphatic carboxylic acids is 1. The van der Waals surface area contributed by atoms with E-state index >= 15 is 0 Å². The number of aromatic nitrogens is 2. The van der Waals surface area contributed by atoms with Crippen molar-refractivity contribution in [1.29, 1.82) is 5.26 Å². The molecule has 1 aromatic heterocycles. The van der Waals surface area contributed by atoms with E-state index in [1.165, 1.54) is 0 Å². The van der Waals surface area contributed by atoms with Gasteiger partial charge in [-0.15, -0.1) is 0 Å². The minimum atomic E-state index is -0.857. The van der Waals surface area contributed by atoms with Crippen molar-refractivity contribution in [2.75, 3.05) is 11.9 Å². The number of ether oxygens (including phenoxy) is 1. The molecule has 1 aliphatic heterocycles. The summed E-state index contributed by atoms with van der Waals surface area (Å²) in [6.45, 7) is 0.553. The lowest BCUT2D eigenvalue weighted by Crippen LogP contribution is -2.27. The first kappa shape index (κ1) is 22.5. The minimum absolute atomic E-state index is 0.0469. The Morgan fingerprint density at radius 1 is 1.17 bits per heavy atom. The van der Waals surface area contributed by atoms with Gasteiger partial charge in [0, 0.05) is 34.6 Å². The molecular formula is C27H24N4O4. The van der Waals surface area contributed by atoms with Crippen LogP contribution in [-0.4, -0.2) is 33.8 Å². The molecule has 5 rings (SSSR count). The Hall–Kier alpha value is -4.25. The summed E-state index contributed by atoms with van der Waals surface area (Å²) in [6.07, 6.45) is 5.84. The molecule has 1 spiro atoms. The number of rotatable bonds is 7. The van der Waals surface area contributed by atoms with Crippen LogP contribution in [0.3, 0.4) is 0 Å². The van der Waals surface area contributed by atoms with Crippen molar-refractivity contribution in [1.82, 2.24) is 10.2 Å². The summed E-state index contributed by atoms with van der Waals surface area (Å²) in [5.41, 5.74) is 4.54. The molecule has 0 unspecified atom stereocenters. The minimum Gasteiger partial charge on any atom is -0.493 e. The highest BCUT2D eigenvalue weighted by Crippen LogP contribution is 2.61. The van der Waals surface area contributed by atoms with E-state index in [-0.39, 0.29) is 23.7 Å².